The van der Waals surface area contributed by atoms with Crippen molar-refractivity contribution in [2.45, 2.75) is 6.42 Å². The van der Waals surface area contributed by atoms with Crippen LogP contribution >= 0.6 is 0 Å². The number of para-hydroxylation sites is 1. The molecule has 0 radical (unpaired) electrons. The SMILES string of the molecule is COc1ccc(CCOc2nc(Oc3ccc4oc5ccccc5c4c3)nc(N3CCOCC3)n2)cc1OC. The van der Waals surface area contributed by atoms with Crippen LogP contribution in [0.4, 0.5) is 5.95 Å². The molecule has 0 N–H and O–H groups in total. The number of anilines is 1. The minimum Gasteiger partial charge on any atom is -0.493 e. The molecule has 10 heteroatoms. The van der Waals surface area contributed by atoms with Gasteiger partial charge in [-0.3, -0.25) is 0 Å². The van der Waals surface area contributed by atoms with E-state index < -0.39 is 0 Å². The molecule has 3 heterocycles. The van der Waals surface area contributed by atoms with E-state index in [1.807, 2.05) is 65.6 Å². The number of rotatable bonds is 9. The second-order valence-corrected chi connectivity index (χ2v) is 8.95. The number of nitrogens with zero attached hydrogens (tertiary/aromatic N) is 4. The Morgan fingerprint density at radius 2 is 1.59 bits per heavy atom. The average molecular weight is 529 g/mol. The summed E-state index contributed by atoms with van der Waals surface area (Å²) in [7, 11) is 3.23. The van der Waals surface area contributed by atoms with Crippen LogP contribution in [-0.2, 0) is 11.2 Å². The van der Waals surface area contributed by atoms with Gasteiger partial charge in [-0.05, 0) is 42.0 Å². The molecule has 1 aliphatic heterocycles. The molecule has 0 atom stereocenters. The topological polar surface area (TPSA) is 101 Å². The fourth-order valence-corrected chi connectivity index (χ4v) is 4.51. The summed E-state index contributed by atoms with van der Waals surface area (Å²) in [6, 6.07) is 19.7. The summed E-state index contributed by atoms with van der Waals surface area (Å²) in [5.41, 5.74) is 2.64. The first kappa shape index (κ1) is 24.7. The number of furan rings is 1. The number of aromatic nitrogens is 3. The molecule has 0 saturated carbocycles. The lowest BCUT2D eigenvalue weighted by Crippen LogP contribution is -2.37. The predicted octanol–water partition coefficient (Wildman–Crippen LogP) is 5.04. The Morgan fingerprint density at radius 3 is 2.44 bits per heavy atom. The highest BCUT2D eigenvalue weighted by atomic mass is 16.5. The van der Waals surface area contributed by atoms with E-state index in [1.54, 1.807) is 14.2 Å². The molecule has 0 aliphatic carbocycles. The van der Waals surface area contributed by atoms with E-state index >= 15 is 0 Å². The Morgan fingerprint density at radius 1 is 0.795 bits per heavy atom. The molecule has 0 amide bonds. The lowest BCUT2D eigenvalue weighted by Gasteiger charge is -2.26. The molecule has 0 unspecified atom stereocenters. The summed E-state index contributed by atoms with van der Waals surface area (Å²) in [5, 5.41) is 1.97. The van der Waals surface area contributed by atoms with Crippen LogP contribution < -0.4 is 23.8 Å². The fourth-order valence-electron chi connectivity index (χ4n) is 4.51. The fraction of sp³-hybridized carbons (Fsp3) is 0.276. The zero-order valence-corrected chi connectivity index (χ0v) is 21.8. The molecule has 1 aliphatic rings. The molecule has 0 spiro atoms. The van der Waals surface area contributed by atoms with Gasteiger partial charge in [-0.2, -0.15) is 9.97 Å². The van der Waals surface area contributed by atoms with Gasteiger partial charge in [0.1, 0.15) is 16.9 Å². The predicted molar refractivity (Wildman–Crippen MR) is 145 cm³/mol. The number of fused-ring (bicyclic) bond motifs is 3. The summed E-state index contributed by atoms with van der Waals surface area (Å²) in [6.07, 6.45) is 0.624. The van der Waals surface area contributed by atoms with E-state index in [2.05, 4.69) is 15.0 Å². The van der Waals surface area contributed by atoms with Crippen LogP contribution in [0.1, 0.15) is 5.56 Å². The van der Waals surface area contributed by atoms with Crippen molar-refractivity contribution >= 4 is 27.9 Å². The van der Waals surface area contributed by atoms with Gasteiger partial charge in [-0.15, -0.1) is 4.98 Å². The van der Waals surface area contributed by atoms with Crippen LogP contribution in [-0.4, -0.2) is 62.1 Å². The number of hydrogen-bond donors (Lipinski definition) is 0. The van der Waals surface area contributed by atoms with E-state index in [4.69, 9.17) is 28.1 Å². The molecule has 2 aromatic heterocycles. The average Bonchev–Trinajstić information content (AvgIpc) is 3.35. The van der Waals surface area contributed by atoms with Crippen LogP contribution in [0.3, 0.4) is 0 Å². The Bertz CT molecular complexity index is 1600. The van der Waals surface area contributed by atoms with E-state index in [0.29, 0.717) is 62.5 Å². The van der Waals surface area contributed by atoms with Gasteiger partial charge in [0, 0.05) is 30.3 Å². The number of benzene rings is 3. The molecule has 1 saturated heterocycles. The van der Waals surface area contributed by atoms with Crippen LogP contribution in [0.5, 0.6) is 29.3 Å². The van der Waals surface area contributed by atoms with Crippen molar-refractivity contribution in [1.29, 1.82) is 0 Å². The molecule has 1 fully saturated rings. The Labute approximate surface area is 225 Å². The first-order valence-corrected chi connectivity index (χ1v) is 12.7. The number of hydrogen-bond acceptors (Lipinski definition) is 10. The maximum absolute atomic E-state index is 6.13. The molecule has 0 bridgehead atoms. The molecule has 6 rings (SSSR count). The maximum atomic E-state index is 6.13. The Kier molecular flexibility index (Phi) is 7.01. The second kappa shape index (κ2) is 11.0. The number of ether oxygens (including phenoxy) is 5. The number of methoxy groups -OCH3 is 2. The third-order valence-electron chi connectivity index (χ3n) is 6.50. The van der Waals surface area contributed by atoms with Crippen molar-refractivity contribution in [2.75, 3.05) is 52.0 Å². The van der Waals surface area contributed by atoms with Gasteiger partial charge in [0.05, 0.1) is 34.0 Å². The third kappa shape index (κ3) is 5.37. The highest BCUT2D eigenvalue weighted by molar-refractivity contribution is 6.05. The van der Waals surface area contributed by atoms with Crippen LogP contribution in [0.25, 0.3) is 21.9 Å². The summed E-state index contributed by atoms with van der Waals surface area (Å²) >= 11 is 0. The highest BCUT2D eigenvalue weighted by Crippen LogP contribution is 2.33. The van der Waals surface area contributed by atoms with E-state index in [9.17, 15) is 0 Å². The molecular weight excluding hydrogens is 500 g/mol. The lowest BCUT2D eigenvalue weighted by atomic mass is 10.1. The first-order valence-electron chi connectivity index (χ1n) is 12.7. The zero-order chi connectivity index (χ0) is 26.6. The summed E-state index contributed by atoms with van der Waals surface area (Å²) in [6.45, 7) is 2.89. The first-order chi connectivity index (χ1) is 19.2. The van der Waals surface area contributed by atoms with Gasteiger partial charge in [0.15, 0.2) is 11.5 Å². The quantitative estimate of drug-likeness (QED) is 0.259. The van der Waals surface area contributed by atoms with Crippen molar-refractivity contribution in [3.63, 3.8) is 0 Å². The molecule has 3 aromatic carbocycles. The van der Waals surface area contributed by atoms with E-state index in [1.165, 1.54) is 0 Å². The highest BCUT2D eigenvalue weighted by Gasteiger charge is 2.19. The second-order valence-electron chi connectivity index (χ2n) is 8.95. The van der Waals surface area contributed by atoms with Crippen molar-refractivity contribution in [3.8, 4) is 29.3 Å². The molecule has 5 aromatic rings. The minimum atomic E-state index is 0.153. The van der Waals surface area contributed by atoms with Gasteiger partial charge in [0.2, 0.25) is 5.95 Å². The van der Waals surface area contributed by atoms with Gasteiger partial charge in [0.25, 0.3) is 0 Å². The van der Waals surface area contributed by atoms with Gasteiger partial charge < -0.3 is 33.0 Å². The number of morpholine rings is 1. The summed E-state index contributed by atoms with van der Waals surface area (Å²) < 4.78 is 34.3. The van der Waals surface area contributed by atoms with Crippen LogP contribution in [0.15, 0.2) is 65.1 Å². The van der Waals surface area contributed by atoms with Crippen molar-refractivity contribution in [2.24, 2.45) is 0 Å². The largest absolute Gasteiger partial charge is 0.493 e. The van der Waals surface area contributed by atoms with Gasteiger partial charge >= 0.3 is 12.0 Å². The summed E-state index contributed by atoms with van der Waals surface area (Å²) in [4.78, 5) is 15.6. The summed E-state index contributed by atoms with van der Waals surface area (Å²) in [5.74, 6) is 2.42. The molecule has 200 valence electrons. The van der Waals surface area contributed by atoms with Crippen molar-refractivity contribution in [3.05, 3.63) is 66.2 Å². The van der Waals surface area contributed by atoms with Gasteiger partial charge in [-0.25, -0.2) is 0 Å². The van der Waals surface area contributed by atoms with Crippen LogP contribution in [0, 0.1) is 0 Å². The standard InChI is InChI=1S/C29H28N4O6/c1-34-25-9-7-19(17-26(25)35-2)11-14-37-28-30-27(33-12-15-36-16-13-33)31-29(32-28)38-20-8-10-24-22(18-20)21-5-3-4-6-23(21)39-24/h3-10,17-18H,11-16H2,1-2H3. The smallest absolute Gasteiger partial charge is 0.330 e. The molecule has 10 nitrogen and oxygen atoms in total. The molecule has 39 heavy (non-hydrogen) atoms. The van der Waals surface area contributed by atoms with Gasteiger partial charge in [-0.1, -0.05) is 24.3 Å². The molecular formula is C29H28N4O6. The van der Waals surface area contributed by atoms with Crippen LogP contribution in [0.2, 0.25) is 0 Å². The third-order valence-corrected chi connectivity index (χ3v) is 6.50. The van der Waals surface area contributed by atoms with E-state index in [0.717, 1.165) is 27.5 Å². The van der Waals surface area contributed by atoms with Crippen molar-refractivity contribution in [1.82, 2.24) is 15.0 Å². The normalized spacial score (nSPS) is 13.5. The lowest BCUT2D eigenvalue weighted by molar-refractivity contribution is 0.121. The van der Waals surface area contributed by atoms with Crippen molar-refractivity contribution < 1.29 is 28.1 Å². The Hall–Kier alpha value is -4.57. The zero-order valence-electron chi connectivity index (χ0n) is 21.8. The van der Waals surface area contributed by atoms with E-state index in [-0.39, 0.29) is 12.0 Å². The Balaban J connectivity index is 1.24. The minimum absolute atomic E-state index is 0.153. The maximum Gasteiger partial charge on any atom is 0.330 e. The monoisotopic (exact) mass is 528 g/mol.